The third kappa shape index (κ3) is 3.71. The van der Waals surface area contributed by atoms with Gasteiger partial charge in [0, 0.05) is 28.9 Å². The van der Waals surface area contributed by atoms with E-state index in [0.717, 1.165) is 16.8 Å². The van der Waals surface area contributed by atoms with Gasteiger partial charge in [-0.3, -0.25) is 9.36 Å². The third-order valence-electron chi connectivity index (χ3n) is 3.84. The van der Waals surface area contributed by atoms with Gasteiger partial charge in [-0.25, -0.2) is 4.98 Å². The highest BCUT2D eigenvalue weighted by molar-refractivity contribution is 7.98. The fourth-order valence-electron chi connectivity index (χ4n) is 2.35. The molecule has 0 amide bonds. The average molecular weight is 357 g/mol. The Morgan fingerprint density at radius 1 is 1.12 bits per heavy atom. The van der Waals surface area contributed by atoms with Gasteiger partial charge in [0.25, 0.3) is 5.56 Å². The molecule has 3 aromatic rings. The molecule has 0 unspecified atom stereocenters. The van der Waals surface area contributed by atoms with Crippen LogP contribution < -0.4 is 5.56 Å². The summed E-state index contributed by atoms with van der Waals surface area (Å²) in [6.07, 6.45) is 3.37. The highest BCUT2D eigenvalue weighted by Crippen LogP contribution is 2.21. The molecule has 3 rings (SSSR count). The maximum atomic E-state index is 12.7. The van der Waals surface area contributed by atoms with E-state index in [0.29, 0.717) is 15.8 Å². The number of benzene rings is 2. The normalized spacial score (nSPS) is 10.8. The Balaban J connectivity index is 1.88. The Hall–Kier alpha value is -2.04. The smallest absolute Gasteiger partial charge is 0.280 e. The van der Waals surface area contributed by atoms with Crippen molar-refractivity contribution in [3.63, 3.8) is 0 Å². The summed E-state index contributed by atoms with van der Waals surface area (Å²) in [7, 11) is 0. The minimum atomic E-state index is -0.104. The minimum Gasteiger partial charge on any atom is -0.280 e. The van der Waals surface area contributed by atoms with Gasteiger partial charge in [0.2, 0.25) is 0 Å². The zero-order valence-corrected chi connectivity index (χ0v) is 15.1. The molecule has 122 valence electrons. The first-order valence-electron chi connectivity index (χ1n) is 7.57. The van der Waals surface area contributed by atoms with Crippen molar-refractivity contribution in [1.29, 1.82) is 0 Å². The van der Waals surface area contributed by atoms with Gasteiger partial charge in [-0.15, -0.1) is 0 Å². The molecule has 0 saturated heterocycles. The number of hydrogen-bond acceptors (Lipinski definition) is 3. The molecule has 0 atom stereocenters. The van der Waals surface area contributed by atoms with Crippen LogP contribution in [0.1, 0.15) is 16.7 Å². The Morgan fingerprint density at radius 2 is 1.96 bits per heavy atom. The molecule has 5 heteroatoms. The highest BCUT2D eigenvalue weighted by atomic mass is 35.5. The number of aryl methyl sites for hydroxylation is 2. The van der Waals surface area contributed by atoms with E-state index < -0.39 is 0 Å². The first kappa shape index (κ1) is 16.8. The van der Waals surface area contributed by atoms with E-state index in [1.54, 1.807) is 17.0 Å². The summed E-state index contributed by atoms with van der Waals surface area (Å²) in [5, 5.41) is 1.18. The summed E-state index contributed by atoms with van der Waals surface area (Å²) in [6, 6.07) is 13.6. The van der Waals surface area contributed by atoms with Crippen LogP contribution in [0.2, 0.25) is 5.02 Å². The number of nitrogens with zero attached hydrogens (tertiary/aromatic N) is 2. The lowest BCUT2D eigenvalue weighted by atomic mass is 10.1. The fourth-order valence-corrected chi connectivity index (χ4v) is 3.40. The van der Waals surface area contributed by atoms with E-state index >= 15 is 0 Å². The molecule has 0 spiro atoms. The Labute approximate surface area is 150 Å². The number of halogens is 1. The van der Waals surface area contributed by atoms with Crippen molar-refractivity contribution in [1.82, 2.24) is 9.55 Å². The number of rotatable bonds is 4. The summed E-state index contributed by atoms with van der Waals surface area (Å²) in [4.78, 5) is 16.9. The van der Waals surface area contributed by atoms with Gasteiger partial charge >= 0.3 is 0 Å². The quantitative estimate of drug-likeness (QED) is 0.630. The molecule has 2 aromatic carbocycles. The van der Waals surface area contributed by atoms with Crippen molar-refractivity contribution >= 4 is 23.4 Å². The molecule has 0 bridgehead atoms. The molecule has 3 nitrogen and oxygen atoms in total. The SMILES string of the molecule is Cc1ccc(-n2ccnc(SCc3cccc(Cl)c3)c2=O)cc1C. The molecule has 0 aliphatic carbocycles. The maximum absolute atomic E-state index is 12.7. The van der Waals surface area contributed by atoms with Gasteiger partial charge in [-0.05, 0) is 54.8 Å². The van der Waals surface area contributed by atoms with Gasteiger partial charge < -0.3 is 0 Å². The van der Waals surface area contributed by atoms with Gasteiger partial charge in [0.15, 0.2) is 5.03 Å². The van der Waals surface area contributed by atoms with Gasteiger partial charge in [0.05, 0.1) is 0 Å². The van der Waals surface area contributed by atoms with Gasteiger partial charge in [-0.2, -0.15) is 0 Å². The standard InChI is InChI=1S/C19H17ClN2OS/c1-13-6-7-17(10-14(13)2)22-9-8-21-18(19(22)23)24-12-15-4-3-5-16(20)11-15/h3-11H,12H2,1-2H3. The highest BCUT2D eigenvalue weighted by Gasteiger charge is 2.08. The molecule has 0 aliphatic rings. The van der Waals surface area contributed by atoms with Gasteiger partial charge in [-0.1, -0.05) is 41.6 Å². The molecule has 0 aliphatic heterocycles. The van der Waals surface area contributed by atoms with Crippen molar-refractivity contribution in [2.75, 3.05) is 0 Å². The molecule has 0 saturated carbocycles. The lowest BCUT2D eigenvalue weighted by Gasteiger charge is -2.09. The molecule has 0 radical (unpaired) electrons. The first-order valence-corrected chi connectivity index (χ1v) is 8.93. The van der Waals surface area contributed by atoms with Crippen LogP contribution in [0.25, 0.3) is 5.69 Å². The number of thioether (sulfide) groups is 1. The lowest BCUT2D eigenvalue weighted by molar-refractivity contribution is 0.881. The Kier molecular flexibility index (Phi) is 5.07. The van der Waals surface area contributed by atoms with E-state index in [1.807, 2.05) is 49.4 Å². The average Bonchev–Trinajstić information content (AvgIpc) is 2.57. The predicted molar refractivity (Wildman–Crippen MR) is 100 cm³/mol. The second kappa shape index (κ2) is 7.24. The van der Waals surface area contributed by atoms with Crippen LogP contribution in [-0.4, -0.2) is 9.55 Å². The first-order chi connectivity index (χ1) is 11.5. The van der Waals surface area contributed by atoms with E-state index in [-0.39, 0.29) is 5.56 Å². The zero-order chi connectivity index (χ0) is 17.1. The van der Waals surface area contributed by atoms with Gasteiger partial charge in [0.1, 0.15) is 0 Å². The molecule has 0 fully saturated rings. The molecule has 0 N–H and O–H groups in total. The molecular formula is C19H17ClN2OS. The molecule has 1 heterocycles. The van der Waals surface area contributed by atoms with Crippen LogP contribution in [0, 0.1) is 13.8 Å². The predicted octanol–water partition coefficient (Wildman–Crippen LogP) is 4.80. The van der Waals surface area contributed by atoms with E-state index in [2.05, 4.69) is 11.9 Å². The van der Waals surface area contributed by atoms with Crippen LogP contribution in [0.5, 0.6) is 0 Å². The van der Waals surface area contributed by atoms with Crippen molar-refractivity contribution in [3.05, 3.63) is 86.9 Å². The van der Waals surface area contributed by atoms with Crippen molar-refractivity contribution in [3.8, 4) is 5.69 Å². The second-order valence-electron chi connectivity index (χ2n) is 5.59. The van der Waals surface area contributed by atoms with Crippen LogP contribution in [0.3, 0.4) is 0 Å². The maximum Gasteiger partial charge on any atom is 0.287 e. The van der Waals surface area contributed by atoms with Crippen LogP contribution in [0.15, 0.2) is 64.7 Å². The van der Waals surface area contributed by atoms with E-state index in [9.17, 15) is 4.79 Å². The van der Waals surface area contributed by atoms with Crippen LogP contribution in [-0.2, 0) is 5.75 Å². The van der Waals surface area contributed by atoms with Crippen LogP contribution in [0.4, 0.5) is 0 Å². The van der Waals surface area contributed by atoms with E-state index in [1.165, 1.54) is 17.3 Å². The summed E-state index contributed by atoms with van der Waals surface area (Å²) in [5.41, 5.74) is 4.18. The number of hydrogen-bond donors (Lipinski definition) is 0. The molecule has 1 aromatic heterocycles. The number of aromatic nitrogens is 2. The van der Waals surface area contributed by atoms with E-state index in [4.69, 9.17) is 11.6 Å². The monoisotopic (exact) mass is 356 g/mol. The van der Waals surface area contributed by atoms with Crippen molar-refractivity contribution < 1.29 is 0 Å². The summed E-state index contributed by atoms with van der Waals surface area (Å²) in [6.45, 7) is 4.10. The summed E-state index contributed by atoms with van der Waals surface area (Å²) < 4.78 is 1.64. The lowest BCUT2D eigenvalue weighted by Crippen LogP contribution is -2.20. The second-order valence-corrected chi connectivity index (χ2v) is 7.00. The summed E-state index contributed by atoms with van der Waals surface area (Å²) >= 11 is 7.42. The molecule has 24 heavy (non-hydrogen) atoms. The zero-order valence-electron chi connectivity index (χ0n) is 13.5. The fraction of sp³-hybridized carbons (Fsp3) is 0.158. The summed E-state index contributed by atoms with van der Waals surface area (Å²) in [5.74, 6) is 0.653. The van der Waals surface area contributed by atoms with Crippen LogP contribution >= 0.6 is 23.4 Å². The third-order valence-corrected chi connectivity index (χ3v) is 5.11. The van der Waals surface area contributed by atoms with Crippen molar-refractivity contribution in [2.45, 2.75) is 24.6 Å². The van der Waals surface area contributed by atoms with Crippen molar-refractivity contribution in [2.24, 2.45) is 0 Å². The topological polar surface area (TPSA) is 34.9 Å². The Morgan fingerprint density at radius 3 is 2.71 bits per heavy atom. The Bertz CT molecular complexity index is 937. The minimum absolute atomic E-state index is 0.104. The largest absolute Gasteiger partial charge is 0.287 e. The molecular weight excluding hydrogens is 340 g/mol.